The van der Waals surface area contributed by atoms with Crippen molar-refractivity contribution >= 4 is 10.0 Å². The van der Waals surface area contributed by atoms with Gasteiger partial charge in [0.1, 0.15) is 18.0 Å². The second-order valence-electron chi connectivity index (χ2n) is 5.63. The number of aromatic nitrogens is 4. The molecular weight excluding hydrogens is 302 g/mol. The van der Waals surface area contributed by atoms with Gasteiger partial charge in [-0.05, 0) is 19.8 Å². The molecule has 0 unspecified atom stereocenters. The summed E-state index contributed by atoms with van der Waals surface area (Å²) in [6, 6.07) is 1.91. The lowest BCUT2D eigenvalue weighted by Gasteiger charge is -2.29. The van der Waals surface area contributed by atoms with Crippen LogP contribution in [0.5, 0.6) is 0 Å². The minimum Gasteiger partial charge on any atom is -0.290 e. The predicted molar refractivity (Wildman–Crippen MR) is 82.3 cm³/mol. The molecule has 0 spiro atoms. The van der Waals surface area contributed by atoms with Gasteiger partial charge in [-0.3, -0.25) is 4.57 Å². The Balaban J connectivity index is 1.82. The van der Waals surface area contributed by atoms with Crippen molar-refractivity contribution in [2.24, 2.45) is 0 Å². The molecule has 1 fully saturated rings. The first kappa shape index (κ1) is 15.1. The summed E-state index contributed by atoms with van der Waals surface area (Å²) in [6.45, 7) is 3.00. The molecule has 0 bridgehead atoms. The van der Waals surface area contributed by atoms with Gasteiger partial charge in [-0.2, -0.15) is 0 Å². The van der Waals surface area contributed by atoms with Crippen LogP contribution in [0.3, 0.4) is 0 Å². The molecule has 0 atom stereocenters. The van der Waals surface area contributed by atoms with E-state index in [0.717, 1.165) is 30.2 Å². The summed E-state index contributed by atoms with van der Waals surface area (Å²) in [6.07, 6.45) is 8.02. The van der Waals surface area contributed by atoms with Crippen LogP contribution in [0, 0.1) is 6.92 Å². The van der Waals surface area contributed by atoms with E-state index >= 15 is 0 Å². The van der Waals surface area contributed by atoms with Crippen LogP contribution in [0.2, 0.25) is 0 Å². The minimum absolute atomic E-state index is 0.195. The van der Waals surface area contributed by atoms with Gasteiger partial charge in [0, 0.05) is 43.2 Å². The van der Waals surface area contributed by atoms with Crippen molar-refractivity contribution in [1.29, 1.82) is 0 Å². The fraction of sp³-hybridized carbons (Fsp3) is 0.500. The molecule has 118 valence electrons. The highest BCUT2D eigenvalue weighted by Gasteiger charge is 2.27. The van der Waals surface area contributed by atoms with Gasteiger partial charge in [0.25, 0.3) is 0 Å². The zero-order chi connectivity index (χ0) is 15.7. The summed E-state index contributed by atoms with van der Waals surface area (Å²) in [7, 11) is -3.10. The number of nitrogens with zero attached hydrogens (tertiary/aromatic N) is 5. The molecule has 2 aromatic rings. The Hall–Kier alpha value is -1.80. The highest BCUT2D eigenvalue weighted by Crippen LogP contribution is 2.27. The second-order valence-corrected chi connectivity index (χ2v) is 7.61. The molecular formula is C14H19N5O2S. The van der Waals surface area contributed by atoms with Gasteiger partial charge < -0.3 is 0 Å². The monoisotopic (exact) mass is 321 g/mol. The van der Waals surface area contributed by atoms with Crippen LogP contribution in [0.4, 0.5) is 0 Å². The van der Waals surface area contributed by atoms with Crippen molar-refractivity contribution in [3.05, 3.63) is 36.3 Å². The van der Waals surface area contributed by atoms with Gasteiger partial charge in [-0.15, -0.1) is 0 Å². The van der Waals surface area contributed by atoms with E-state index in [2.05, 4.69) is 15.0 Å². The Morgan fingerprint density at radius 2 is 1.95 bits per heavy atom. The van der Waals surface area contributed by atoms with Crippen LogP contribution in [0.25, 0.3) is 5.82 Å². The smallest absolute Gasteiger partial charge is 0.211 e. The standard InChI is InChI=1S/C14H19N5O2S/c1-11-9-13(18-8-5-15-10-18)17-14(16-11)12-3-6-19(7-4-12)22(2,20)21/h5,8-10,12H,3-4,6-7H2,1-2H3. The van der Waals surface area contributed by atoms with Gasteiger partial charge in [0.2, 0.25) is 10.0 Å². The molecule has 2 aromatic heterocycles. The first-order valence-electron chi connectivity index (χ1n) is 7.22. The quantitative estimate of drug-likeness (QED) is 0.846. The maximum absolute atomic E-state index is 11.6. The van der Waals surface area contributed by atoms with Crippen molar-refractivity contribution in [2.75, 3.05) is 19.3 Å². The molecule has 8 heteroatoms. The van der Waals surface area contributed by atoms with E-state index in [1.807, 2.05) is 23.8 Å². The minimum atomic E-state index is -3.10. The lowest BCUT2D eigenvalue weighted by Crippen LogP contribution is -2.37. The molecule has 1 saturated heterocycles. The van der Waals surface area contributed by atoms with E-state index in [0.29, 0.717) is 13.1 Å². The molecule has 0 saturated carbocycles. The molecule has 3 heterocycles. The van der Waals surface area contributed by atoms with Gasteiger partial charge >= 0.3 is 0 Å². The maximum atomic E-state index is 11.6. The summed E-state index contributed by atoms with van der Waals surface area (Å²) >= 11 is 0. The fourth-order valence-electron chi connectivity index (χ4n) is 2.73. The third-order valence-corrected chi connectivity index (χ3v) is 5.22. The molecule has 3 rings (SSSR count). The average molecular weight is 321 g/mol. The lowest BCUT2D eigenvalue weighted by molar-refractivity contribution is 0.315. The van der Waals surface area contributed by atoms with Crippen LogP contribution in [0.1, 0.15) is 30.3 Å². The summed E-state index contributed by atoms with van der Waals surface area (Å²) in [5.74, 6) is 1.78. The van der Waals surface area contributed by atoms with E-state index in [9.17, 15) is 8.42 Å². The number of imidazole rings is 1. The summed E-state index contributed by atoms with van der Waals surface area (Å²) in [4.78, 5) is 13.2. The summed E-state index contributed by atoms with van der Waals surface area (Å²) in [5.41, 5.74) is 0.902. The number of hydrogen-bond acceptors (Lipinski definition) is 5. The van der Waals surface area contributed by atoms with Crippen LogP contribution in [0.15, 0.2) is 24.8 Å². The molecule has 0 aliphatic carbocycles. The van der Waals surface area contributed by atoms with Crippen molar-refractivity contribution in [3.63, 3.8) is 0 Å². The SMILES string of the molecule is Cc1cc(-n2ccnc2)nc(C2CCN(S(C)(=O)=O)CC2)n1. The van der Waals surface area contributed by atoms with Gasteiger partial charge in [-0.1, -0.05) is 0 Å². The Morgan fingerprint density at radius 1 is 1.23 bits per heavy atom. The third kappa shape index (κ3) is 3.17. The Morgan fingerprint density at radius 3 is 2.55 bits per heavy atom. The number of piperidine rings is 1. The normalized spacial score (nSPS) is 17.7. The van der Waals surface area contributed by atoms with E-state index in [4.69, 9.17) is 0 Å². The van der Waals surface area contributed by atoms with Gasteiger partial charge in [-0.25, -0.2) is 27.7 Å². The van der Waals surface area contributed by atoms with Gasteiger partial charge in [0.15, 0.2) is 0 Å². The van der Waals surface area contributed by atoms with E-state index in [-0.39, 0.29) is 5.92 Å². The van der Waals surface area contributed by atoms with E-state index in [1.165, 1.54) is 10.6 Å². The predicted octanol–water partition coefficient (Wildman–Crippen LogP) is 1.11. The average Bonchev–Trinajstić information content (AvgIpc) is 3.00. The molecule has 22 heavy (non-hydrogen) atoms. The van der Waals surface area contributed by atoms with Crippen molar-refractivity contribution in [2.45, 2.75) is 25.7 Å². The van der Waals surface area contributed by atoms with E-state index in [1.54, 1.807) is 12.5 Å². The van der Waals surface area contributed by atoms with Gasteiger partial charge in [0.05, 0.1) is 6.26 Å². The largest absolute Gasteiger partial charge is 0.290 e. The first-order valence-corrected chi connectivity index (χ1v) is 9.07. The van der Waals surface area contributed by atoms with Crippen molar-refractivity contribution < 1.29 is 8.42 Å². The fourth-order valence-corrected chi connectivity index (χ4v) is 3.60. The molecule has 0 aromatic carbocycles. The van der Waals surface area contributed by atoms with Crippen LogP contribution >= 0.6 is 0 Å². The number of aryl methyl sites for hydroxylation is 1. The Bertz CT molecular complexity index is 750. The third-order valence-electron chi connectivity index (χ3n) is 3.92. The van der Waals surface area contributed by atoms with Crippen LogP contribution in [-0.2, 0) is 10.0 Å². The summed E-state index contributed by atoms with van der Waals surface area (Å²) < 4.78 is 26.5. The topological polar surface area (TPSA) is 81.0 Å². The zero-order valence-corrected chi connectivity index (χ0v) is 13.5. The zero-order valence-electron chi connectivity index (χ0n) is 12.7. The second kappa shape index (κ2) is 5.77. The Kier molecular flexibility index (Phi) is 3.96. The number of hydrogen-bond donors (Lipinski definition) is 0. The molecule has 1 aliphatic heterocycles. The number of rotatable bonds is 3. The highest BCUT2D eigenvalue weighted by atomic mass is 32.2. The first-order chi connectivity index (χ1) is 10.4. The maximum Gasteiger partial charge on any atom is 0.211 e. The molecule has 0 radical (unpaired) electrons. The molecule has 7 nitrogen and oxygen atoms in total. The van der Waals surface area contributed by atoms with Crippen molar-refractivity contribution in [3.8, 4) is 5.82 Å². The summed E-state index contributed by atoms with van der Waals surface area (Å²) in [5, 5.41) is 0. The highest BCUT2D eigenvalue weighted by molar-refractivity contribution is 7.88. The molecule has 0 amide bonds. The van der Waals surface area contributed by atoms with Crippen LogP contribution in [-0.4, -0.2) is 51.6 Å². The Labute approximate surface area is 130 Å². The number of sulfonamides is 1. The van der Waals surface area contributed by atoms with Crippen LogP contribution < -0.4 is 0 Å². The van der Waals surface area contributed by atoms with Crippen molar-refractivity contribution in [1.82, 2.24) is 23.8 Å². The molecule has 1 aliphatic rings. The lowest BCUT2D eigenvalue weighted by atomic mass is 9.97. The van der Waals surface area contributed by atoms with E-state index < -0.39 is 10.0 Å². The molecule has 0 N–H and O–H groups in total.